The lowest BCUT2D eigenvalue weighted by molar-refractivity contribution is -0.126. The lowest BCUT2D eigenvalue weighted by Gasteiger charge is -2.16. The van der Waals surface area contributed by atoms with Gasteiger partial charge in [-0.05, 0) is 0 Å². The Bertz CT molecular complexity index is 291. The van der Waals surface area contributed by atoms with Crippen LogP contribution in [0.25, 0.3) is 0 Å². The van der Waals surface area contributed by atoms with Gasteiger partial charge in [0.25, 0.3) is 0 Å². The minimum absolute atomic E-state index is 0.0182. The van der Waals surface area contributed by atoms with Crippen molar-refractivity contribution >= 4 is 17.8 Å². The van der Waals surface area contributed by atoms with Gasteiger partial charge in [-0.2, -0.15) is 0 Å². The molecule has 0 bridgehead atoms. The maximum absolute atomic E-state index is 11.3. The second-order valence-electron chi connectivity index (χ2n) is 3.15. The molecule has 4 amide bonds. The first-order chi connectivity index (χ1) is 6.43. The Hall–Kier alpha value is -1.63. The van der Waals surface area contributed by atoms with Gasteiger partial charge in [0.2, 0.25) is 11.8 Å². The molecule has 1 saturated heterocycles. The standard InChI is InChI=1S/C7H12N4O3/c1-10-3-5(12)11(7(10)14)2-4(8)6(9)13/h4H,2-3,8H2,1H3,(H2,9,13). The number of nitrogens with two attached hydrogens (primary N) is 2. The minimum atomic E-state index is -1.01. The molecule has 1 aliphatic heterocycles. The van der Waals surface area contributed by atoms with Crippen LogP contribution in [0.15, 0.2) is 0 Å². The van der Waals surface area contributed by atoms with Crippen molar-refractivity contribution in [2.75, 3.05) is 20.1 Å². The van der Waals surface area contributed by atoms with Crippen LogP contribution in [-0.4, -0.2) is 53.8 Å². The number of hydrogen-bond acceptors (Lipinski definition) is 4. The third-order valence-electron chi connectivity index (χ3n) is 1.98. The number of carbonyl (C=O) groups is 3. The molecule has 1 atom stereocenters. The molecule has 0 saturated carbocycles. The van der Waals surface area contributed by atoms with Crippen molar-refractivity contribution < 1.29 is 14.4 Å². The van der Waals surface area contributed by atoms with Gasteiger partial charge >= 0.3 is 6.03 Å². The number of hydrogen-bond donors (Lipinski definition) is 2. The molecule has 7 nitrogen and oxygen atoms in total. The number of urea groups is 1. The van der Waals surface area contributed by atoms with Crippen LogP contribution >= 0.6 is 0 Å². The van der Waals surface area contributed by atoms with E-state index in [9.17, 15) is 14.4 Å². The topological polar surface area (TPSA) is 110 Å². The summed E-state index contributed by atoms with van der Waals surface area (Å²) < 4.78 is 0. The third-order valence-corrected chi connectivity index (χ3v) is 1.98. The number of likely N-dealkylation sites (N-methyl/N-ethyl adjacent to an activating group) is 1. The van der Waals surface area contributed by atoms with E-state index >= 15 is 0 Å². The lowest BCUT2D eigenvalue weighted by Crippen LogP contribution is -2.48. The van der Waals surface area contributed by atoms with E-state index in [0.29, 0.717) is 0 Å². The van der Waals surface area contributed by atoms with Crippen molar-refractivity contribution in [1.82, 2.24) is 9.80 Å². The van der Waals surface area contributed by atoms with E-state index in [2.05, 4.69) is 0 Å². The smallest absolute Gasteiger partial charge is 0.327 e. The molecule has 0 spiro atoms. The van der Waals surface area contributed by atoms with E-state index in [1.54, 1.807) is 0 Å². The quantitative estimate of drug-likeness (QED) is 0.499. The summed E-state index contributed by atoms with van der Waals surface area (Å²) in [5.41, 5.74) is 10.2. The van der Waals surface area contributed by atoms with Crippen molar-refractivity contribution in [2.45, 2.75) is 6.04 Å². The fourth-order valence-electron chi connectivity index (χ4n) is 1.14. The zero-order valence-corrected chi connectivity index (χ0v) is 7.77. The predicted molar refractivity (Wildman–Crippen MR) is 46.9 cm³/mol. The molecule has 0 aromatic carbocycles. The highest BCUT2D eigenvalue weighted by Crippen LogP contribution is 2.07. The van der Waals surface area contributed by atoms with E-state index < -0.39 is 18.0 Å². The second kappa shape index (κ2) is 3.62. The average molecular weight is 200 g/mol. The van der Waals surface area contributed by atoms with Crippen LogP contribution in [0, 0.1) is 0 Å². The molecule has 7 heteroatoms. The number of nitrogens with zero attached hydrogens (tertiary/aromatic N) is 2. The predicted octanol–water partition coefficient (Wildman–Crippen LogP) is -2.31. The summed E-state index contributed by atoms with van der Waals surface area (Å²) in [4.78, 5) is 35.3. The Balaban J connectivity index is 2.65. The van der Waals surface area contributed by atoms with Crippen LogP contribution in [0.5, 0.6) is 0 Å². The number of amides is 4. The minimum Gasteiger partial charge on any atom is -0.368 e. The van der Waals surface area contributed by atoms with Crippen molar-refractivity contribution in [3.8, 4) is 0 Å². The number of imide groups is 1. The summed E-state index contributed by atoms with van der Waals surface area (Å²) in [6, 6.07) is -1.46. The van der Waals surface area contributed by atoms with Crippen LogP contribution in [0.4, 0.5) is 4.79 Å². The van der Waals surface area contributed by atoms with Gasteiger partial charge < -0.3 is 16.4 Å². The van der Waals surface area contributed by atoms with E-state index in [1.165, 1.54) is 11.9 Å². The SMILES string of the molecule is CN1CC(=O)N(CC(N)C(N)=O)C1=O. The van der Waals surface area contributed by atoms with E-state index in [4.69, 9.17) is 11.5 Å². The molecule has 4 N–H and O–H groups in total. The summed E-state index contributed by atoms with van der Waals surface area (Å²) in [6.07, 6.45) is 0. The summed E-state index contributed by atoms with van der Waals surface area (Å²) in [7, 11) is 1.50. The molecule has 78 valence electrons. The summed E-state index contributed by atoms with van der Waals surface area (Å²) >= 11 is 0. The molecule has 1 aliphatic rings. The second-order valence-corrected chi connectivity index (χ2v) is 3.15. The van der Waals surface area contributed by atoms with Crippen molar-refractivity contribution in [3.05, 3.63) is 0 Å². The van der Waals surface area contributed by atoms with Gasteiger partial charge in [0.05, 0.1) is 6.54 Å². The Kier molecular flexibility index (Phi) is 2.70. The molecular weight excluding hydrogens is 188 g/mol. The largest absolute Gasteiger partial charge is 0.368 e. The van der Waals surface area contributed by atoms with Crippen LogP contribution in [0.2, 0.25) is 0 Å². The summed E-state index contributed by atoms with van der Waals surface area (Å²) in [6.45, 7) is -0.137. The van der Waals surface area contributed by atoms with Crippen molar-refractivity contribution in [3.63, 3.8) is 0 Å². The van der Waals surface area contributed by atoms with E-state index in [0.717, 1.165) is 4.90 Å². The molecule has 1 unspecified atom stereocenters. The van der Waals surface area contributed by atoms with Gasteiger partial charge in [-0.25, -0.2) is 4.79 Å². The lowest BCUT2D eigenvalue weighted by atomic mass is 10.3. The molecule has 0 aromatic rings. The molecule has 0 radical (unpaired) electrons. The average Bonchev–Trinajstić information content (AvgIpc) is 2.32. The summed E-state index contributed by atoms with van der Waals surface area (Å²) in [5.74, 6) is -1.10. The fraction of sp³-hybridized carbons (Fsp3) is 0.571. The van der Waals surface area contributed by atoms with E-state index in [-0.39, 0.29) is 19.0 Å². The highest BCUT2D eigenvalue weighted by Gasteiger charge is 2.35. The van der Waals surface area contributed by atoms with Gasteiger partial charge in [0, 0.05) is 7.05 Å². The van der Waals surface area contributed by atoms with Gasteiger partial charge in [0.15, 0.2) is 0 Å². The third kappa shape index (κ3) is 1.82. The van der Waals surface area contributed by atoms with Crippen molar-refractivity contribution in [1.29, 1.82) is 0 Å². The molecule has 1 heterocycles. The Morgan fingerprint density at radius 1 is 1.57 bits per heavy atom. The van der Waals surface area contributed by atoms with Gasteiger partial charge in [-0.3, -0.25) is 14.5 Å². The molecule has 1 rings (SSSR count). The normalized spacial score (nSPS) is 19.0. The molecular formula is C7H12N4O3. The number of rotatable bonds is 3. The zero-order chi connectivity index (χ0) is 10.9. The molecule has 0 aromatic heterocycles. The Morgan fingerprint density at radius 3 is 2.50 bits per heavy atom. The van der Waals surface area contributed by atoms with Gasteiger partial charge in [-0.15, -0.1) is 0 Å². The van der Waals surface area contributed by atoms with Gasteiger partial charge in [-0.1, -0.05) is 0 Å². The molecule has 0 aliphatic carbocycles. The fourth-order valence-corrected chi connectivity index (χ4v) is 1.14. The highest BCUT2D eigenvalue weighted by molar-refractivity contribution is 6.02. The number of primary amides is 1. The maximum Gasteiger partial charge on any atom is 0.327 e. The first kappa shape index (κ1) is 10.5. The van der Waals surface area contributed by atoms with E-state index in [1.807, 2.05) is 0 Å². The first-order valence-electron chi connectivity index (χ1n) is 4.04. The highest BCUT2D eigenvalue weighted by atomic mass is 16.2. The van der Waals surface area contributed by atoms with Crippen LogP contribution in [0.1, 0.15) is 0 Å². The van der Waals surface area contributed by atoms with Crippen LogP contribution in [-0.2, 0) is 9.59 Å². The summed E-state index contributed by atoms with van der Waals surface area (Å²) in [5, 5.41) is 0. The number of carbonyl (C=O) groups excluding carboxylic acids is 3. The molecule has 14 heavy (non-hydrogen) atoms. The van der Waals surface area contributed by atoms with Crippen LogP contribution in [0.3, 0.4) is 0 Å². The molecule has 1 fully saturated rings. The van der Waals surface area contributed by atoms with Crippen LogP contribution < -0.4 is 11.5 Å². The maximum atomic E-state index is 11.3. The Morgan fingerprint density at radius 2 is 2.14 bits per heavy atom. The zero-order valence-electron chi connectivity index (χ0n) is 7.77. The Labute approximate surface area is 80.6 Å². The van der Waals surface area contributed by atoms with Gasteiger partial charge in [0.1, 0.15) is 12.6 Å². The first-order valence-corrected chi connectivity index (χ1v) is 4.04. The van der Waals surface area contributed by atoms with Crippen molar-refractivity contribution in [2.24, 2.45) is 11.5 Å². The monoisotopic (exact) mass is 200 g/mol.